The zero-order chi connectivity index (χ0) is 22.7. The number of benzene rings is 2. The minimum Gasteiger partial charge on any atom is -0.367 e. The normalized spacial score (nSPS) is 14.1. The lowest BCUT2D eigenvalue weighted by molar-refractivity contribution is -0.118. The van der Waals surface area contributed by atoms with Gasteiger partial charge in [0.15, 0.2) is 0 Å². The molecule has 166 valence electrons. The molecule has 7 heteroatoms. The summed E-state index contributed by atoms with van der Waals surface area (Å²) in [5.74, 6) is -0.708. The molecule has 0 spiro atoms. The Labute approximate surface area is 197 Å². The number of anilines is 2. The average Bonchev–Trinajstić information content (AvgIpc) is 3.26. The highest BCUT2D eigenvalue weighted by Gasteiger charge is 2.25. The number of fused-ring (bicyclic) bond motifs is 1. The fourth-order valence-corrected chi connectivity index (χ4v) is 4.95. The zero-order valence-electron chi connectivity index (χ0n) is 18.1. The van der Waals surface area contributed by atoms with Crippen molar-refractivity contribution in [1.82, 2.24) is 5.32 Å². The molecule has 2 aromatic carbocycles. The summed E-state index contributed by atoms with van der Waals surface area (Å²) in [6.45, 7) is 5.70. The van der Waals surface area contributed by atoms with Crippen LogP contribution >= 0.6 is 22.9 Å². The van der Waals surface area contributed by atoms with Crippen molar-refractivity contribution < 1.29 is 9.59 Å². The molecule has 0 aliphatic carbocycles. The van der Waals surface area contributed by atoms with Crippen LogP contribution < -0.4 is 15.5 Å². The largest absolute Gasteiger partial charge is 0.367 e. The van der Waals surface area contributed by atoms with Crippen molar-refractivity contribution in [1.29, 1.82) is 0 Å². The van der Waals surface area contributed by atoms with E-state index in [1.165, 1.54) is 10.4 Å². The molecule has 1 aliphatic rings. The van der Waals surface area contributed by atoms with Gasteiger partial charge in [0, 0.05) is 29.3 Å². The highest BCUT2D eigenvalue weighted by atomic mass is 35.5. The van der Waals surface area contributed by atoms with E-state index in [4.69, 9.17) is 11.6 Å². The molecule has 0 saturated carbocycles. The van der Waals surface area contributed by atoms with Crippen LogP contribution in [0.25, 0.3) is 0 Å². The van der Waals surface area contributed by atoms with Crippen LogP contribution in [0.5, 0.6) is 0 Å². The summed E-state index contributed by atoms with van der Waals surface area (Å²) in [6, 6.07) is 16.2. The SMILES string of the molecule is CC(C)C(NC(=O)c1ccccc1Cl)C(=O)Nc1ccc(N2CCc3sccc3C2)cc1. The first-order valence-electron chi connectivity index (χ1n) is 10.7. The molecule has 3 aromatic rings. The van der Waals surface area contributed by atoms with E-state index in [9.17, 15) is 9.59 Å². The fraction of sp³-hybridized carbons (Fsp3) is 0.280. The van der Waals surface area contributed by atoms with E-state index in [1.807, 2.05) is 49.4 Å². The fourth-order valence-electron chi connectivity index (χ4n) is 3.84. The Hall–Kier alpha value is -2.83. The number of halogens is 1. The van der Waals surface area contributed by atoms with Crippen LogP contribution in [0.15, 0.2) is 60.0 Å². The Balaban J connectivity index is 1.40. The molecule has 1 aromatic heterocycles. The molecule has 2 amide bonds. The van der Waals surface area contributed by atoms with E-state index < -0.39 is 6.04 Å². The van der Waals surface area contributed by atoms with Gasteiger partial charge in [-0.25, -0.2) is 0 Å². The van der Waals surface area contributed by atoms with Crippen LogP contribution in [0.4, 0.5) is 11.4 Å². The average molecular weight is 468 g/mol. The third kappa shape index (κ3) is 4.97. The summed E-state index contributed by atoms with van der Waals surface area (Å²) in [4.78, 5) is 29.4. The molecule has 5 nitrogen and oxygen atoms in total. The summed E-state index contributed by atoms with van der Waals surface area (Å²) in [5, 5.41) is 8.27. The highest BCUT2D eigenvalue weighted by Crippen LogP contribution is 2.28. The lowest BCUT2D eigenvalue weighted by atomic mass is 10.0. The summed E-state index contributed by atoms with van der Waals surface area (Å²) >= 11 is 7.96. The molecule has 1 unspecified atom stereocenters. The number of carbonyl (C=O) groups is 2. The first-order valence-corrected chi connectivity index (χ1v) is 11.9. The lowest BCUT2D eigenvalue weighted by Gasteiger charge is -2.29. The second kappa shape index (κ2) is 9.76. The number of carbonyl (C=O) groups excluding carboxylic acids is 2. The Morgan fingerprint density at radius 3 is 2.53 bits per heavy atom. The van der Waals surface area contributed by atoms with Gasteiger partial charge in [-0.2, -0.15) is 0 Å². The van der Waals surface area contributed by atoms with Crippen molar-refractivity contribution in [3.05, 3.63) is 81.0 Å². The Bertz CT molecular complexity index is 1110. The molecule has 0 saturated heterocycles. The monoisotopic (exact) mass is 467 g/mol. The van der Waals surface area contributed by atoms with E-state index in [-0.39, 0.29) is 17.7 Å². The van der Waals surface area contributed by atoms with Gasteiger partial charge in [0.1, 0.15) is 6.04 Å². The molecule has 2 N–H and O–H groups in total. The van der Waals surface area contributed by atoms with Crippen LogP contribution in [0.1, 0.15) is 34.6 Å². The second-order valence-corrected chi connectivity index (χ2v) is 9.66. The van der Waals surface area contributed by atoms with Gasteiger partial charge in [0.25, 0.3) is 5.91 Å². The first kappa shape index (κ1) is 22.4. The molecule has 0 fully saturated rings. The van der Waals surface area contributed by atoms with Gasteiger partial charge >= 0.3 is 0 Å². The smallest absolute Gasteiger partial charge is 0.253 e. The number of hydrogen-bond acceptors (Lipinski definition) is 4. The van der Waals surface area contributed by atoms with Crippen molar-refractivity contribution >= 4 is 46.1 Å². The molecular weight excluding hydrogens is 442 g/mol. The van der Waals surface area contributed by atoms with Gasteiger partial charge in [0.05, 0.1) is 10.6 Å². The Kier molecular flexibility index (Phi) is 6.82. The maximum atomic E-state index is 12.9. The van der Waals surface area contributed by atoms with Gasteiger partial charge in [0.2, 0.25) is 5.91 Å². The number of nitrogens with zero attached hydrogens (tertiary/aromatic N) is 1. The maximum Gasteiger partial charge on any atom is 0.253 e. The van der Waals surface area contributed by atoms with Crippen LogP contribution in [0, 0.1) is 5.92 Å². The quantitative estimate of drug-likeness (QED) is 0.513. The predicted octanol–water partition coefficient (Wildman–Crippen LogP) is 5.36. The van der Waals surface area contributed by atoms with Crippen LogP contribution in [-0.2, 0) is 17.8 Å². The van der Waals surface area contributed by atoms with Gasteiger partial charge in [-0.1, -0.05) is 37.6 Å². The van der Waals surface area contributed by atoms with Gasteiger partial charge < -0.3 is 15.5 Å². The van der Waals surface area contributed by atoms with E-state index in [2.05, 4.69) is 27.0 Å². The number of nitrogens with one attached hydrogen (secondary N) is 2. The van der Waals surface area contributed by atoms with Crippen molar-refractivity contribution in [2.24, 2.45) is 5.92 Å². The predicted molar refractivity (Wildman–Crippen MR) is 132 cm³/mol. The van der Waals surface area contributed by atoms with Gasteiger partial charge in [-0.05, 0) is 65.7 Å². The number of amides is 2. The topological polar surface area (TPSA) is 61.4 Å². The summed E-state index contributed by atoms with van der Waals surface area (Å²) in [7, 11) is 0. The van der Waals surface area contributed by atoms with Crippen molar-refractivity contribution in [2.45, 2.75) is 32.9 Å². The molecule has 4 rings (SSSR count). The van der Waals surface area contributed by atoms with Crippen molar-refractivity contribution in [2.75, 3.05) is 16.8 Å². The maximum absolute atomic E-state index is 12.9. The van der Waals surface area contributed by atoms with E-state index in [0.29, 0.717) is 16.3 Å². The highest BCUT2D eigenvalue weighted by molar-refractivity contribution is 7.10. The molecule has 2 heterocycles. The molecule has 1 atom stereocenters. The Morgan fingerprint density at radius 1 is 1.06 bits per heavy atom. The first-order chi connectivity index (χ1) is 15.4. The molecule has 32 heavy (non-hydrogen) atoms. The van der Waals surface area contributed by atoms with Crippen molar-refractivity contribution in [3.8, 4) is 0 Å². The zero-order valence-corrected chi connectivity index (χ0v) is 19.7. The third-order valence-electron chi connectivity index (χ3n) is 5.66. The molecule has 0 bridgehead atoms. The summed E-state index contributed by atoms with van der Waals surface area (Å²) in [6.07, 6.45) is 1.06. The van der Waals surface area contributed by atoms with Crippen molar-refractivity contribution in [3.63, 3.8) is 0 Å². The summed E-state index contributed by atoms with van der Waals surface area (Å²) < 4.78 is 0. The minimum absolute atomic E-state index is 0.0890. The lowest BCUT2D eigenvalue weighted by Crippen LogP contribution is -2.47. The second-order valence-electron chi connectivity index (χ2n) is 8.25. The molecule has 0 radical (unpaired) electrons. The number of hydrogen-bond donors (Lipinski definition) is 2. The molecule has 1 aliphatic heterocycles. The van der Waals surface area contributed by atoms with E-state index in [0.717, 1.165) is 25.2 Å². The van der Waals surface area contributed by atoms with Gasteiger partial charge in [-0.15, -0.1) is 11.3 Å². The van der Waals surface area contributed by atoms with E-state index >= 15 is 0 Å². The Morgan fingerprint density at radius 2 is 1.81 bits per heavy atom. The number of thiophene rings is 1. The number of rotatable bonds is 6. The minimum atomic E-state index is -0.683. The van der Waals surface area contributed by atoms with Crippen LogP contribution in [0.2, 0.25) is 5.02 Å². The standard InChI is InChI=1S/C25H26ClN3O2S/c1-16(2)23(28-24(30)20-5-3-4-6-21(20)26)25(31)27-18-7-9-19(10-8-18)29-13-11-22-17(15-29)12-14-32-22/h3-10,12,14,16,23H,11,13,15H2,1-2H3,(H,27,31)(H,28,30). The van der Waals surface area contributed by atoms with E-state index in [1.54, 1.807) is 24.3 Å². The van der Waals surface area contributed by atoms with Crippen LogP contribution in [0.3, 0.4) is 0 Å². The van der Waals surface area contributed by atoms with Gasteiger partial charge in [-0.3, -0.25) is 9.59 Å². The molecular formula is C25H26ClN3O2S. The summed E-state index contributed by atoms with van der Waals surface area (Å²) in [5.41, 5.74) is 3.58. The van der Waals surface area contributed by atoms with Crippen LogP contribution in [-0.4, -0.2) is 24.4 Å². The third-order valence-corrected chi connectivity index (χ3v) is 7.01.